The van der Waals surface area contributed by atoms with E-state index in [2.05, 4.69) is 18.2 Å². The molecule has 0 aromatic heterocycles. The van der Waals surface area contributed by atoms with Gasteiger partial charge in [0.25, 0.3) is 0 Å². The SMILES string of the molecule is C=S(C)C1=CC(CN)CC1. The van der Waals surface area contributed by atoms with Gasteiger partial charge in [-0.3, -0.25) is 0 Å². The van der Waals surface area contributed by atoms with Gasteiger partial charge in [-0.1, -0.05) is 11.9 Å². The van der Waals surface area contributed by atoms with Crippen molar-refractivity contribution < 1.29 is 0 Å². The summed E-state index contributed by atoms with van der Waals surface area (Å²) in [6.07, 6.45) is 6.96. The normalized spacial score (nSPS) is 28.2. The van der Waals surface area contributed by atoms with Crippen LogP contribution in [0.2, 0.25) is 0 Å². The Morgan fingerprint density at radius 2 is 2.60 bits per heavy atom. The molecule has 0 heterocycles. The van der Waals surface area contributed by atoms with E-state index in [-0.39, 0.29) is 10.5 Å². The minimum Gasteiger partial charge on any atom is -0.330 e. The molecule has 1 rings (SSSR count). The first-order valence-corrected chi connectivity index (χ1v) is 5.40. The molecule has 0 amide bonds. The van der Waals surface area contributed by atoms with E-state index in [1.807, 2.05) is 0 Å². The predicted molar refractivity (Wildman–Crippen MR) is 50.5 cm³/mol. The van der Waals surface area contributed by atoms with Crippen molar-refractivity contribution in [3.8, 4) is 0 Å². The maximum absolute atomic E-state index is 5.53. The van der Waals surface area contributed by atoms with E-state index in [4.69, 9.17) is 5.73 Å². The summed E-state index contributed by atoms with van der Waals surface area (Å²) in [5, 5.41) is 0. The Morgan fingerprint density at radius 1 is 1.90 bits per heavy atom. The van der Waals surface area contributed by atoms with E-state index < -0.39 is 0 Å². The molecule has 0 fully saturated rings. The highest BCUT2D eigenvalue weighted by Gasteiger charge is 2.13. The van der Waals surface area contributed by atoms with Gasteiger partial charge in [0.15, 0.2) is 0 Å². The molecule has 1 aliphatic carbocycles. The maximum atomic E-state index is 5.53. The fourth-order valence-corrected chi connectivity index (χ4v) is 2.12. The molecule has 0 bridgehead atoms. The number of allylic oxidation sites excluding steroid dienone is 1. The molecular weight excluding hydrogens is 142 g/mol. The summed E-state index contributed by atoms with van der Waals surface area (Å²) in [4.78, 5) is 1.52. The van der Waals surface area contributed by atoms with Crippen molar-refractivity contribution in [2.24, 2.45) is 11.7 Å². The van der Waals surface area contributed by atoms with Crippen LogP contribution in [0.3, 0.4) is 0 Å². The molecule has 0 aromatic carbocycles. The van der Waals surface area contributed by atoms with Crippen LogP contribution in [0.1, 0.15) is 12.8 Å². The smallest absolute Gasteiger partial charge is 0.00137 e. The monoisotopic (exact) mass is 157 g/mol. The summed E-state index contributed by atoms with van der Waals surface area (Å²) in [6.45, 7) is 0.806. The molecule has 1 aliphatic rings. The van der Waals surface area contributed by atoms with Crippen LogP contribution < -0.4 is 5.73 Å². The molecule has 2 heteroatoms. The molecule has 10 heavy (non-hydrogen) atoms. The van der Waals surface area contributed by atoms with Gasteiger partial charge in [-0.2, -0.15) is 10.5 Å². The van der Waals surface area contributed by atoms with Crippen molar-refractivity contribution in [1.82, 2.24) is 0 Å². The van der Waals surface area contributed by atoms with Crippen LogP contribution in [-0.2, 0) is 0 Å². The van der Waals surface area contributed by atoms with E-state index in [0.29, 0.717) is 5.92 Å². The average molecular weight is 157 g/mol. The summed E-state index contributed by atoms with van der Waals surface area (Å²) >= 11 is 0. The second-order valence-electron chi connectivity index (χ2n) is 2.80. The fraction of sp³-hybridized carbons (Fsp3) is 0.625. The van der Waals surface area contributed by atoms with Crippen molar-refractivity contribution in [1.29, 1.82) is 0 Å². The van der Waals surface area contributed by atoms with Gasteiger partial charge in [0, 0.05) is 0 Å². The van der Waals surface area contributed by atoms with E-state index in [9.17, 15) is 0 Å². The van der Waals surface area contributed by atoms with Crippen molar-refractivity contribution >= 4 is 16.4 Å². The van der Waals surface area contributed by atoms with Crippen LogP contribution in [-0.4, -0.2) is 18.7 Å². The van der Waals surface area contributed by atoms with E-state index in [1.54, 1.807) is 0 Å². The lowest BCUT2D eigenvalue weighted by molar-refractivity contribution is 0.644. The quantitative estimate of drug-likeness (QED) is 0.605. The maximum Gasteiger partial charge on any atom is -0.00137 e. The van der Waals surface area contributed by atoms with Gasteiger partial charge in [0.05, 0.1) is 0 Å². The molecule has 0 spiro atoms. The molecule has 0 saturated carbocycles. The summed E-state index contributed by atoms with van der Waals surface area (Å²) in [5.41, 5.74) is 5.53. The summed E-state index contributed by atoms with van der Waals surface area (Å²) in [6, 6.07) is 0. The van der Waals surface area contributed by atoms with Gasteiger partial charge in [-0.15, -0.1) is 0 Å². The summed E-state index contributed by atoms with van der Waals surface area (Å²) < 4.78 is 0. The first kappa shape index (κ1) is 8.02. The second-order valence-corrected chi connectivity index (χ2v) is 4.60. The Labute approximate surface area is 65.2 Å². The Balaban J connectivity index is 2.57. The van der Waals surface area contributed by atoms with Crippen LogP contribution in [0.5, 0.6) is 0 Å². The number of nitrogens with two attached hydrogens (primary N) is 1. The number of hydrogen-bond donors (Lipinski definition) is 1. The number of rotatable bonds is 2. The third-order valence-corrected chi connectivity index (χ3v) is 3.17. The third kappa shape index (κ3) is 1.70. The molecule has 58 valence electrons. The third-order valence-electron chi connectivity index (χ3n) is 1.93. The van der Waals surface area contributed by atoms with E-state index in [1.165, 1.54) is 17.7 Å². The zero-order valence-electron chi connectivity index (χ0n) is 6.47. The van der Waals surface area contributed by atoms with Crippen LogP contribution in [0.15, 0.2) is 11.0 Å². The Kier molecular flexibility index (Phi) is 2.69. The van der Waals surface area contributed by atoms with Crippen LogP contribution >= 0.6 is 10.5 Å². The standard InChI is InChI=1S/C8H15NS/c1-10(2)8-4-3-7(5-8)6-9/h5,7H,1,3-4,6,9H2,2H3. The predicted octanol–water partition coefficient (Wildman–Crippen LogP) is 1.57. The lowest BCUT2D eigenvalue weighted by atomic mass is 10.1. The van der Waals surface area contributed by atoms with E-state index in [0.717, 1.165) is 6.54 Å². The Morgan fingerprint density at radius 3 is 2.90 bits per heavy atom. The Hall–Kier alpha value is -0.0800. The largest absolute Gasteiger partial charge is 0.330 e. The van der Waals surface area contributed by atoms with Gasteiger partial charge in [-0.25, -0.2) is 0 Å². The topological polar surface area (TPSA) is 26.0 Å². The molecule has 0 radical (unpaired) electrons. The van der Waals surface area contributed by atoms with Gasteiger partial charge >= 0.3 is 0 Å². The van der Waals surface area contributed by atoms with Crippen molar-refractivity contribution in [2.75, 3.05) is 12.8 Å². The average Bonchev–Trinajstić information content (AvgIpc) is 2.34. The molecule has 0 aromatic rings. The summed E-state index contributed by atoms with van der Waals surface area (Å²) in [7, 11) is 0.242. The second kappa shape index (κ2) is 3.35. The highest BCUT2D eigenvalue weighted by atomic mass is 32.2. The zero-order chi connectivity index (χ0) is 7.56. The fourth-order valence-electron chi connectivity index (χ4n) is 1.23. The van der Waals surface area contributed by atoms with Crippen molar-refractivity contribution in [3.05, 3.63) is 11.0 Å². The minimum atomic E-state index is 0.242. The van der Waals surface area contributed by atoms with E-state index >= 15 is 0 Å². The molecule has 2 unspecified atom stereocenters. The van der Waals surface area contributed by atoms with Crippen LogP contribution in [0.4, 0.5) is 0 Å². The molecule has 0 saturated heterocycles. The van der Waals surface area contributed by atoms with Crippen molar-refractivity contribution in [3.63, 3.8) is 0 Å². The summed E-state index contributed by atoms with van der Waals surface area (Å²) in [5.74, 6) is 4.65. The molecule has 2 atom stereocenters. The Bertz CT molecular complexity index is 172. The highest BCUT2D eigenvalue weighted by molar-refractivity contribution is 8.16. The molecule has 2 N–H and O–H groups in total. The van der Waals surface area contributed by atoms with Gasteiger partial charge in [0.2, 0.25) is 0 Å². The van der Waals surface area contributed by atoms with Crippen LogP contribution in [0.25, 0.3) is 0 Å². The van der Waals surface area contributed by atoms with Gasteiger partial charge < -0.3 is 5.73 Å². The first-order chi connectivity index (χ1) is 4.74. The molecule has 0 aliphatic heterocycles. The van der Waals surface area contributed by atoms with Crippen LogP contribution in [0, 0.1) is 5.92 Å². The molecular formula is C8H15NS. The lowest BCUT2D eigenvalue weighted by Gasteiger charge is -1.97. The van der Waals surface area contributed by atoms with Crippen molar-refractivity contribution in [2.45, 2.75) is 12.8 Å². The zero-order valence-corrected chi connectivity index (χ0v) is 7.29. The molecule has 1 nitrogen and oxygen atoms in total. The lowest BCUT2D eigenvalue weighted by Crippen LogP contribution is -2.08. The van der Waals surface area contributed by atoms with Gasteiger partial charge in [-0.05, 0) is 36.5 Å². The highest BCUT2D eigenvalue weighted by Crippen LogP contribution is 2.32. The minimum absolute atomic E-state index is 0.242. The number of hydrogen-bond acceptors (Lipinski definition) is 1. The van der Waals surface area contributed by atoms with Gasteiger partial charge in [0.1, 0.15) is 0 Å². The first-order valence-electron chi connectivity index (χ1n) is 3.60.